The quantitative estimate of drug-likeness (QED) is 0.432. The molecule has 2 heterocycles. The summed E-state index contributed by atoms with van der Waals surface area (Å²) in [5.74, 6) is -0.0375. The van der Waals surface area contributed by atoms with Crippen LogP contribution in [0.3, 0.4) is 0 Å². The van der Waals surface area contributed by atoms with Crippen molar-refractivity contribution in [1.82, 2.24) is 0 Å². The molecule has 0 aromatic heterocycles. The Hall–Kier alpha value is -0.545. The molecule has 2 aliphatic rings. The molecule has 2 rings (SSSR count). The first-order valence-electron chi connectivity index (χ1n) is 4.79. The van der Waals surface area contributed by atoms with E-state index in [0.717, 1.165) is 0 Å². The molecule has 0 aliphatic carbocycles. The van der Waals surface area contributed by atoms with E-state index in [4.69, 9.17) is 22.1 Å². The lowest BCUT2D eigenvalue weighted by atomic mass is 9.92. The summed E-state index contributed by atoms with van der Waals surface area (Å²) < 4.78 is 16.0. The van der Waals surface area contributed by atoms with Crippen LogP contribution >= 0.6 is 0 Å². The van der Waals surface area contributed by atoms with Gasteiger partial charge in [0, 0.05) is 12.8 Å². The maximum Gasteiger partial charge on any atom is 0.303 e. The number of hydrogen-bond acceptors (Lipinski definition) is 4. The Kier molecular flexibility index (Phi) is 2.53. The summed E-state index contributed by atoms with van der Waals surface area (Å²) >= 11 is 0. The van der Waals surface area contributed by atoms with Gasteiger partial charge >= 0.3 is 5.97 Å². The average Bonchev–Trinajstić information content (AvgIpc) is 2.57. The zero-order chi connectivity index (χ0) is 10.3. The Balaban J connectivity index is 2.07. The topological polar surface area (TPSA) is 44.8 Å². The molecule has 0 aromatic carbocycles. The minimum absolute atomic E-state index is 0.0330. The van der Waals surface area contributed by atoms with Crippen LogP contribution in [0.2, 0.25) is 0 Å². The normalized spacial score (nSPS) is 46.3. The summed E-state index contributed by atoms with van der Waals surface area (Å²) in [6.07, 6.45) is -0.680. The SMILES string of the molecule is [B][C@@H]1OC2[C@H](C)CO[C@@H]2[C@H]1OC(C)=O. The van der Waals surface area contributed by atoms with Gasteiger partial charge in [-0.1, -0.05) is 6.92 Å². The monoisotopic (exact) mass is 196 g/mol. The third-order valence-corrected chi connectivity index (χ3v) is 2.70. The highest BCUT2D eigenvalue weighted by Gasteiger charge is 2.50. The second-order valence-electron chi connectivity index (χ2n) is 3.91. The van der Waals surface area contributed by atoms with Crippen LogP contribution in [0, 0.1) is 5.92 Å². The standard InChI is InChI=1S/C9H13BO4/c1-4-3-12-7-6(4)14-9(10)8(7)13-5(2)11/h4,6-9H,3H2,1-2H3/t4-,6?,7+,8-,9-/m1/s1. The molecular formula is C9H13BO4. The Morgan fingerprint density at radius 2 is 2.21 bits per heavy atom. The van der Waals surface area contributed by atoms with Crippen molar-refractivity contribution in [3.8, 4) is 0 Å². The smallest absolute Gasteiger partial charge is 0.303 e. The van der Waals surface area contributed by atoms with E-state index in [-0.39, 0.29) is 18.2 Å². The van der Waals surface area contributed by atoms with Crippen molar-refractivity contribution in [3.05, 3.63) is 0 Å². The summed E-state index contributed by atoms with van der Waals surface area (Å²) in [7, 11) is 5.70. The molecule has 0 aromatic rings. The molecule has 0 amide bonds. The molecular weight excluding hydrogens is 183 g/mol. The van der Waals surface area contributed by atoms with Gasteiger partial charge in [0.2, 0.25) is 0 Å². The van der Waals surface area contributed by atoms with E-state index in [0.29, 0.717) is 12.5 Å². The number of fused-ring (bicyclic) bond motifs is 1. The van der Waals surface area contributed by atoms with Crippen LogP contribution in [-0.2, 0) is 19.0 Å². The van der Waals surface area contributed by atoms with Gasteiger partial charge in [0.25, 0.3) is 0 Å². The highest BCUT2D eigenvalue weighted by molar-refractivity contribution is 6.11. The first-order valence-corrected chi connectivity index (χ1v) is 4.79. The van der Waals surface area contributed by atoms with Crippen molar-refractivity contribution in [2.24, 2.45) is 5.92 Å². The zero-order valence-corrected chi connectivity index (χ0v) is 8.30. The molecule has 76 valence electrons. The molecule has 5 heteroatoms. The van der Waals surface area contributed by atoms with Crippen molar-refractivity contribution in [3.63, 3.8) is 0 Å². The lowest BCUT2D eigenvalue weighted by Gasteiger charge is -2.19. The van der Waals surface area contributed by atoms with E-state index in [1.165, 1.54) is 6.92 Å². The fraction of sp³-hybridized carbons (Fsp3) is 0.889. The number of rotatable bonds is 1. The summed E-state index contributed by atoms with van der Waals surface area (Å²) in [6, 6.07) is -0.559. The van der Waals surface area contributed by atoms with E-state index in [9.17, 15) is 4.79 Å². The van der Waals surface area contributed by atoms with Crippen molar-refractivity contribution < 1.29 is 19.0 Å². The Bertz CT molecular complexity index is 245. The molecule has 2 saturated heterocycles. The van der Waals surface area contributed by atoms with E-state index >= 15 is 0 Å². The summed E-state index contributed by atoms with van der Waals surface area (Å²) in [4.78, 5) is 10.8. The van der Waals surface area contributed by atoms with Crippen LogP contribution in [0.25, 0.3) is 0 Å². The number of carbonyl (C=O) groups is 1. The van der Waals surface area contributed by atoms with Gasteiger partial charge < -0.3 is 14.2 Å². The van der Waals surface area contributed by atoms with E-state index < -0.39 is 12.1 Å². The highest BCUT2D eigenvalue weighted by Crippen LogP contribution is 2.34. The molecule has 2 fully saturated rings. The molecule has 2 radical (unpaired) electrons. The molecule has 2 aliphatic heterocycles. The van der Waals surface area contributed by atoms with Gasteiger partial charge in [0.1, 0.15) is 20.1 Å². The van der Waals surface area contributed by atoms with Crippen LogP contribution < -0.4 is 0 Å². The average molecular weight is 196 g/mol. The van der Waals surface area contributed by atoms with E-state index in [2.05, 4.69) is 0 Å². The van der Waals surface area contributed by atoms with Crippen LogP contribution in [-0.4, -0.2) is 44.7 Å². The van der Waals surface area contributed by atoms with Gasteiger partial charge in [-0.2, -0.15) is 0 Å². The van der Waals surface area contributed by atoms with Crippen molar-refractivity contribution in [1.29, 1.82) is 0 Å². The fourth-order valence-corrected chi connectivity index (χ4v) is 2.04. The zero-order valence-electron chi connectivity index (χ0n) is 8.30. The molecule has 5 atom stereocenters. The summed E-state index contributed by atoms with van der Waals surface area (Å²) in [5, 5.41) is 0. The maximum atomic E-state index is 10.8. The van der Waals surface area contributed by atoms with Crippen molar-refractivity contribution >= 4 is 13.8 Å². The molecule has 4 nitrogen and oxygen atoms in total. The molecule has 0 bridgehead atoms. The van der Waals surface area contributed by atoms with Crippen LogP contribution in [0.15, 0.2) is 0 Å². The van der Waals surface area contributed by atoms with Crippen LogP contribution in [0.5, 0.6) is 0 Å². The first kappa shape index (κ1) is 9.99. The third-order valence-electron chi connectivity index (χ3n) is 2.70. The summed E-state index contributed by atoms with van der Waals surface area (Å²) in [6.45, 7) is 4.03. The second kappa shape index (κ2) is 3.55. The number of carbonyl (C=O) groups excluding carboxylic acids is 1. The molecule has 0 saturated carbocycles. The Morgan fingerprint density at radius 3 is 2.86 bits per heavy atom. The number of ether oxygens (including phenoxy) is 3. The Labute approximate surface area is 84.3 Å². The lowest BCUT2D eigenvalue weighted by Crippen LogP contribution is -2.36. The largest absolute Gasteiger partial charge is 0.458 e. The van der Waals surface area contributed by atoms with E-state index in [1.54, 1.807) is 0 Å². The molecule has 0 spiro atoms. The molecule has 1 unspecified atom stereocenters. The van der Waals surface area contributed by atoms with Gasteiger partial charge in [-0.25, -0.2) is 0 Å². The predicted molar refractivity (Wildman–Crippen MR) is 48.9 cm³/mol. The maximum absolute atomic E-state index is 10.8. The Morgan fingerprint density at radius 1 is 1.50 bits per heavy atom. The van der Waals surface area contributed by atoms with Gasteiger partial charge in [-0.3, -0.25) is 4.79 Å². The van der Waals surface area contributed by atoms with Crippen LogP contribution in [0.4, 0.5) is 0 Å². The highest BCUT2D eigenvalue weighted by atomic mass is 16.6. The third kappa shape index (κ3) is 1.55. The first-order chi connectivity index (χ1) is 6.59. The predicted octanol–water partition coefficient (Wildman–Crippen LogP) is -0.154. The van der Waals surface area contributed by atoms with Gasteiger partial charge in [-0.15, -0.1) is 0 Å². The van der Waals surface area contributed by atoms with Crippen molar-refractivity contribution in [2.75, 3.05) is 6.61 Å². The minimum Gasteiger partial charge on any atom is -0.458 e. The second-order valence-corrected chi connectivity index (χ2v) is 3.91. The number of hydrogen-bond donors (Lipinski definition) is 0. The van der Waals surface area contributed by atoms with E-state index in [1.807, 2.05) is 6.92 Å². The van der Waals surface area contributed by atoms with Crippen LogP contribution in [0.1, 0.15) is 13.8 Å². The van der Waals surface area contributed by atoms with Gasteiger partial charge in [0.05, 0.1) is 18.7 Å². The fourth-order valence-electron chi connectivity index (χ4n) is 2.04. The number of esters is 1. The lowest BCUT2D eigenvalue weighted by molar-refractivity contribution is -0.152. The van der Waals surface area contributed by atoms with Crippen molar-refractivity contribution in [2.45, 2.75) is 38.2 Å². The minimum atomic E-state index is -0.559. The molecule has 0 N–H and O–H groups in total. The summed E-state index contributed by atoms with van der Waals surface area (Å²) in [5.41, 5.74) is 0. The van der Waals surface area contributed by atoms with Gasteiger partial charge in [0.15, 0.2) is 0 Å². The molecule has 14 heavy (non-hydrogen) atoms. The van der Waals surface area contributed by atoms with Gasteiger partial charge in [-0.05, 0) is 0 Å².